The first-order chi connectivity index (χ1) is 14.5. The highest BCUT2D eigenvalue weighted by Crippen LogP contribution is 2.49. The number of carbonyl (C=O) groups is 1. The van der Waals surface area contributed by atoms with Gasteiger partial charge in [-0.2, -0.15) is 0 Å². The van der Waals surface area contributed by atoms with E-state index in [4.69, 9.17) is 11.6 Å². The Morgan fingerprint density at radius 2 is 1.93 bits per heavy atom. The van der Waals surface area contributed by atoms with Gasteiger partial charge < -0.3 is 5.32 Å². The van der Waals surface area contributed by atoms with Gasteiger partial charge in [0.2, 0.25) is 0 Å². The predicted molar refractivity (Wildman–Crippen MR) is 125 cm³/mol. The molecule has 0 amide bonds. The number of thioether (sulfide) groups is 1. The smallest absolute Gasteiger partial charge is 0.183 e. The third kappa shape index (κ3) is 3.86. The molecular formula is C25H23ClFNOS. The lowest BCUT2D eigenvalue weighted by atomic mass is 9.93. The van der Waals surface area contributed by atoms with Crippen molar-refractivity contribution in [3.63, 3.8) is 0 Å². The van der Waals surface area contributed by atoms with E-state index in [1.807, 2.05) is 24.3 Å². The maximum atomic E-state index is 13.8. The van der Waals surface area contributed by atoms with Crippen LogP contribution >= 0.6 is 23.4 Å². The van der Waals surface area contributed by atoms with Gasteiger partial charge in [-0.1, -0.05) is 73.1 Å². The molecule has 5 heteroatoms. The average molecular weight is 440 g/mol. The molecule has 1 atom stereocenters. The normalized spacial score (nSPS) is 16.5. The fourth-order valence-electron chi connectivity index (χ4n) is 3.98. The summed E-state index contributed by atoms with van der Waals surface area (Å²) in [7, 11) is 1.79. The first-order valence-corrected chi connectivity index (χ1v) is 11.4. The van der Waals surface area contributed by atoms with Crippen LogP contribution < -0.4 is 5.32 Å². The van der Waals surface area contributed by atoms with E-state index in [0.717, 1.165) is 40.6 Å². The van der Waals surface area contributed by atoms with Gasteiger partial charge in [-0.3, -0.25) is 4.79 Å². The van der Waals surface area contributed by atoms with Crippen molar-refractivity contribution in [3.05, 3.63) is 87.2 Å². The highest BCUT2D eigenvalue weighted by Gasteiger charge is 2.36. The second-order valence-corrected chi connectivity index (χ2v) is 8.98. The summed E-state index contributed by atoms with van der Waals surface area (Å²) in [6.45, 7) is 2.17. The van der Waals surface area contributed by atoms with Crippen LogP contribution in [0.1, 0.15) is 41.7 Å². The topological polar surface area (TPSA) is 29.1 Å². The summed E-state index contributed by atoms with van der Waals surface area (Å²) < 4.78 is 13.8. The van der Waals surface area contributed by atoms with Gasteiger partial charge >= 0.3 is 0 Å². The van der Waals surface area contributed by atoms with Gasteiger partial charge in [0.1, 0.15) is 5.82 Å². The third-order valence-corrected chi connectivity index (χ3v) is 7.06. The van der Waals surface area contributed by atoms with Crippen molar-refractivity contribution >= 4 is 45.5 Å². The van der Waals surface area contributed by atoms with Gasteiger partial charge in [0, 0.05) is 17.5 Å². The third-order valence-electron chi connectivity index (χ3n) is 5.41. The molecule has 3 aromatic carbocycles. The summed E-state index contributed by atoms with van der Waals surface area (Å²) in [5.74, 6) is -0.391. The van der Waals surface area contributed by atoms with Crippen LogP contribution in [0.15, 0.2) is 59.6 Å². The molecule has 154 valence electrons. The van der Waals surface area contributed by atoms with E-state index in [-0.39, 0.29) is 11.6 Å². The predicted octanol–water partition coefficient (Wildman–Crippen LogP) is 6.92. The quantitative estimate of drug-likeness (QED) is 0.452. The Morgan fingerprint density at radius 1 is 1.13 bits per heavy atom. The molecule has 3 aromatic rings. The fraction of sp³-hybridized carbons (Fsp3) is 0.240. The Kier molecular flexibility index (Phi) is 6.16. The number of fused-ring (bicyclic) bond motifs is 1. The summed E-state index contributed by atoms with van der Waals surface area (Å²) >= 11 is 8.18. The lowest BCUT2D eigenvalue weighted by Gasteiger charge is -2.15. The van der Waals surface area contributed by atoms with E-state index < -0.39 is 5.25 Å². The van der Waals surface area contributed by atoms with Crippen LogP contribution in [0.5, 0.6) is 0 Å². The molecule has 4 rings (SSSR count). The zero-order valence-electron chi connectivity index (χ0n) is 17.0. The standard InChI is InChI=1S/C25H23ClFNOS/c1-3-4-7-15-12-16-9-6-11-19(21(16)20(26)13-15)24-23(29)22(25(28-2)30-24)17-8-5-10-18(27)14-17/h5-6,8-14,24,28H,3-4,7H2,1-2H3. The zero-order chi connectivity index (χ0) is 21.3. The molecule has 0 radical (unpaired) electrons. The van der Waals surface area contributed by atoms with E-state index in [1.54, 1.807) is 19.2 Å². The molecule has 1 heterocycles. The Morgan fingerprint density at radius 3 is 2.67 bits per heavy atom. The molecule has 1 aliphatic heterocycles. The van der Waals surface area contributed by atoms with Crippen molar-refractivity contribution in [1.29, 1.82) is 0 Å². The van der Waals surface area contributed by atoms with Crippen molar-refractivity contribution in [1.82, 2.24) is 5.32 Å². The zero-order valence-corrected chi connectivity index (χ0v) is 18.5. The van der Waals surface area contributed by atoms with Gasteiger partial charge in [0.05, 0.1) is 15.9 Å². The highest BCUT2D eigenvalue weighted by molar-refractivity contribution is 8.04. The molecule has 0 saturated carbocycles. The number of hydrogen-bond donors (Lipinski definition) is 1. The molecule has 0 aromatic heterocycles. The van der Waals surface area contributed by atoms with E-state index in [0.29, 0.717) is 16.2 Å². The van der Waals surface area contributed by atoms with E-state index in [2.05, 4.69) is 18.3 Å². The number of rotatable bonds is 6. The van der Waals surface area contributed by atoms with Crippen molar-refractivity contribution in [2.24, 2.45) is 0 Å². The number of carbonyl (C=O) groups excluding carboxylic acids is 1. The minimum atomic E-state index is -0.423. The maximum Gasteiger partial charge on any atom is 0.183 e. The van der Waals surface area contributed by atoms with Crippen LogP contribution in [0.4, 0.5) is 4.39 Å². The van der Waals surface area contributed by atoms with Crippen LogP contribution in [0, 0.1) is 5.82 Å². The molecule has 0 spiro atoms. The Balaban J connectivity index is 1.77. The number of aryl methyl sites for hydroxylation is 1. The largest absolute Gasteiger partial charge is 0.382 e. The summed E-state index contributed by atoms with van der Waals surface area (Å²) in [5.41, 5.74) is 3.23. The van der Waals surface area contributed by atoms with Crippen LogP contribution in [0.2, 0.25) is 5.02 Å². The average Bonchev–Trinajstić information content (AvgIpc) is 3.08. The maximum absolute atomic E-state index is 13.8. The lowest BCUT2D eigenvalue weighted by molar-refractivity contribution is -0.113. The lowest BCUT2D eigenvalue weighted by Crippen LogP contribution is -2.08. The van der Waals surface area contributed by atoms with Crippen molar-refractivity contribution < 1.29 is 9.18 Å². The van der Waals surface area contributed by atoms with Gasteiger partial charge in [0.25, 0.3) is 0 Å². The van der Waals surface area contributed by atoms with Crippen LogP contribution in [-0.4, -0.2) is 12.8 Å². The van der Waals surface area contributed by atoms with Crippen LogP contribution in [0.3, 0.4) is 0 Å². The number of halogens is 2. The Hall–Kier alpha value is -2.30. The van der Waals surface area contributed by atoms with Gasteiger partial charge in [0.15, 0.2) is 5.78 Å². The molecule has 30 heavy (non-hydrogen) atoms. The summed E-state index contributed by atoms with van der Waals surface area (Å²) in [5, 5.41) is 6.09. The Bertz CT molecular complexity index is 1160. The van der Waals surface area contributed by atoms with Gasteiger partial charge in [-0.15, -0.1) is 0 Å². The summed E-state index contributed by atoms with van der Waals surface area (Å²) in [6, 6.07) is 16.4. The number of ketones is 1. The van der Waals surface area contributed by atoms with E-state index in [1.165, 1.54) is 29.5 Å². The van der Waals surface area contributed by atoms with Crippen molar-refractivity contribution in [3.8, 4) is 0 Å². The van der Waals surface area contributed by atoms with E-state index >= 15 is 0 Å². The molecule has 0 fully saturated rings. The summed E-state index contributed by atoms with van der Waals surface area (Å²) in [4.78, 5) is 13.5. The van der Waals surface area contributed by atoms with Crippen molar-refractivity contribution in [2.75, 3.05) is 7.05 Å². The number of hydrogen-bond acceptors (Lipinski definition) is 3. The minimum Gasteiger partial charge on any atom is -0.382 e. The fourth-order valence-corrected chi connectivity index (χ4v) is 5.58. The number of Topliss-reactive ketones (excluding diaryl/α,β-unsaturated/α-hetero) is 1. The second kappa shape index (κ2) is 8.83. The summed E-state index contributed by atoms with van der Waals surface area (Å²) in [6.07, 6.45) is 3.23. The van der Waals surface area contributed by atoms with Crippen molar-refractivity contribution in [2.45, 2.75) is 31.4 Å². The number of nitrogens with one attached hydrogen (secondary N) is 1. The molecule has 2 nitrogen and oxygen atoms in total. The monoisotopic (exact) mass is 439 g/mol. The van der Waals surface area contributed by atoms with Gasteiger partial charge in [-0.25, -0.2) is 4.39 Å². The SMILES string of the molecule is CCCCc1cc(Cl)c2c(C3SC(NC)=C(c4cccc(F)c4)C3=O)cccc2c1. The Labute approximate surface area is 185 Å². The minimum absolute atomic E-state index is 0.0337. The molecule has 0 aliphatic carbocycles. The first-order valence-electron chi connectivity index (χ1n) is 10.1. The van der Waals surface area contributed by atoms with E-state index in [9.17, 15) is 9.18 Å². The molecule has 1 aliphatic rings. The van der Waals surface area contributed by atoms with Crippen LogP contribution in [-0.2, 0) is 11.2 Å². The molecular weight excluding hydrogens is 417 g/mol. The molecule has 0 bridgehead atoms. The second-order valence-electron chi connectivity index (χ2n) is 7.45. The number of allylic oxidation sites excluding steroid dienone is 1. The molecule has 1 unspecified atom stereocenters. The number of unbranched alkanes of at least 4 members (excludes halogenated alkanes) is 1. The highest BCUT2D eigenvalue weighted by atomic mass is 35.5. The molecule has 0 saturated heterocycles. The molecule has 1 N–H and O–H groups in total. The first kappa shape index (κ1) is 21.0. The number of benzene rings is 3. The van der Waals surface area contributed by atoms with Gasteiger partial charge in [-0.05, 0) is 53.1 Å². The van der Waals surface area contributed by atoms with Crippen LogP contribution in [0.25, 0.3) is 16.3 Å².